The lowest BCUT2D eigenvalue weighted by molar-refractivity contribution is 0.563. The Bertz CT molecular complexity index is 440. The maximum absolute atomic E-state index is 10.6. The summed E-state index contributed by atoms with van der Waals surface area (Å²) in [6, 6.07) is 5.30. The lowest BCUT2D eigenvalue weighted by Gasteiger charge is -2.01. The fraction of sp³-hybridized carbons (Fsp3) is 0. The van der Waals surface area contributed by atoms with Gasteiger partial charge in [0.1, 0.15) is 0 Å². The van der Waals surface area contributed by atoms with Gasteiger partial charge in [-0.15, -0.1) is 0 Å². The lowest BCUT2D eigenvalue weighted by atomic mass is 10.0. The van der Waals surface area contributed by atoms with Crippen molar-refractivity contribution in [1.29, 1.82) is 0 Å². The fourth-order valence-electron chi connectivity index (χ4n) is 1.24. The van der Waals surface area contributed by atoms with Crippen molar-refractivity contribution in [2.24, 2.45) is 0 Å². The van der Waals surface area contributed by atoms with E-state index in [1.807, 2.05) is 18.4 Å². The van der Waals surface area contributed by atoms with Gasteiger partial charge in [0, 0.05) is 35.9 Å². The van der Waals surface area contributed by atoms with E-state index in [-0.39, 0.29) is 0 Å². The highest BCUT2D eigenvalue weighted by Crippen LogP contribution is 2.19. The van der Waals surface area contributed by atoms with Gasteiger partial charge in [0.2, 0.25) is 6.29 Å². The number of aromatic nitrogens is 2. The summed E-state index contributed by atoms with van der Waals surface area (Å²) in [6.07, 6.45) is 8.46. The van der Waals surface area contributed by atoms with Crippen LogP contribution >= 0.6 is 0 Å². The topological polar surface area (TPSA) is 42.9 Å². The molecule has 0 aromatic carbocycles. The van der Waals surface area contributed by atoms with E-state index >= 15 is 0 Å². The van der Waals surface area contributed by atoms with Gasteiger partial charge in [0.25, 0.3) is 0 Å². The van der Waals surface area contributed by atoms with Crippen LogP contribution in [0.1, 0.15) is 5.56 Å². The summed E-state index contributed by atoms with van der Waals surface area (Å²) < 4.78 is 0. The van der Waals surface area contributed by atoms with Crippen LogP contribution in [0.3, 0.4) is 0 Å². The molecule has 2 aromatic heterocycles. The molecule has 67 valence electrons. The summed E-state index contributed by atoms with van der Waals surface area (Å²) in [5.74, 6) is 0. The summed E-state index contributed by atoms with van der Waals surface area (Å²) in [4.78, 5) is 18.5. The van der Waals surface area contributed by atoms with Crippen molar-refractivity contribution in [2.75, 3.05) is 0 Å². The SMILES string of the molecule is O=[C]c1ccncc1-c1ccncc1. The van der Waals surface area contributed by atoms with E-state index in [0.717, 1.165) is 11.1 Å². The van der Waals surface area contributed by atoms with Gasteiger partial charge in [-0.1, -0.05) is 0 Å². The molecular formula is C11H7N2O. The second kappa shape index (κ2) is 3.79. The summed E-state index contributed by atoms with van der Waals surface area (Å²) in [5.41, 5.74) is 2.22. The van der Waals surface area contributed by atoms with Gasteiger partial charge < -0.3 is 0 Å². The molecule has 0 atom stereocenters. The third-order valence-corrected chi connectivity index (χ3v) is 1.92. The number of rotatable bonds is 2. The summed E-state index contributed by atoms with van der Waals surface area (Å²) >= 11 is 0. The van der Waals surface area contributed by atoms with Crippen LogP contribution in [0.4, 0.5) is 0 Å². The molecule has 1 radical (unpaired) electrons. The van der Waals surface area contributed by atoms with E-state index in [1.165, 1.54) is 0 Å². The second-order valence-electron chi connectivity index (χ2n) is 2.76. The number of hydrogen-bond acceptors (Lipinski definition) is 3. The average Bonchev–Trinajstić information content (AvgIpc) is 2.30. The molecule has 2 aromatic rings. The Labute approximate surface area is 81.5 Å². The molecule has 0 amide bonds. The highest BCUT2D eigenvalue weighted by atomic mass is 16.1. The predicted octanol–water partition coefficient (Wildman–Crippen LogP) is 1.60. The van der Waals surface area contributed by atoms with Crippen LogP contribution in [-0.4, -0.2) is 16.3 Å². The molecule has 0 N–H and O–H groups in total. The van der Waals surface area contributed by atoms with E-state index in [2.05, 4.69) is 9.97 Å². The van der Waals surface area contributed by atoms with Gasteiger partial charge in [-0.2, -0.15) is 0 Å². The van der Waals surface area contributed by atoms with Gasteiger partial charge in [-0.25, -0.2) is 0 Å². The highest BCUT2D eigenvalue weighted by Gasteiger charge is 2.03. The Morgan fingerprint density at radius 1 is 1.00 bits per heavy atom. The van der Waals surface area contributed by atoms with Crippen molar-refractivity contribution < 1.29 is 4.79 Å². The number of pyridine rings is 2. The molecule has 3 nitrogen and oxygen atoms in total. The Morgan fingerprint density at radius 2 is 1.71 bits per heavy atom. The molecule has 3 heteroatoms. The first-order valence-corrected chi connectivity index (χ1v) is 4.14. The minimum Gasteiger partial charge on any atom is -0.285 e. The van der Waals surface area contributed by atoms with Gasteiger partial charge in [0.15, 0.2) is 0 Å². The first-order chi connectivity index (χ1) is 6.92. The number of nitrogens with zero attached hydrogens (tertiary/aromatic N) is 2. The molecule has 0 aliphatic heterocycles. The third-order valence-electron chi connectivity index (χ3n) is 1.92. The van der Waals surface area contributed by atoms with Gasteiger partial charge in [-0.05, 0) is 23.8 Å². The fourth-order valence-corrected chi connectivity index (χ4v) is 1.24. The van der Waals surface area contributed by atoms with Crippen molar-refractivity contribution in [3.8, 4) is 11.1 Å². The van der Waals surface area contributed by atoms with E-state index in [1.54, 1.807) is 30.9 Å². The molecule has 0 fully saturated rings. The van der Waals surface area contributed by atoms with E-state index in [0.29, 0.717) is 5.56 Å². The smallest absolute Gasteiger partial charge is 0.234 e. The average molecular weight is 183 g/mol. The van der Waals surface area contributed by atoms with Crippen LogP contribution in [-0.2, 0) is 4.79 Å². The van der Waals surface area contributed by atoms with Crippen molar-refractivity contribution >= 4 is 6.29 Å². The zero-order chi connectivity index (χ0) is 9.80. The number of hydrogen-bond donors (Lipinski definition) is 0. The highest BCUT2D eigenvalue weighted by molar-refractivity contribution is 5.87. The van der Waals surface area contributed by atoms with Crippen LogP contribution in [0.15, 0.2) is 43.0 Å². The maximum Gasteiger partial charge on any atom is 0.234 e. The van der Waals surface area contributed by atoms with Crippen LogP contribution < -0.4 is 0 Å². The molecule has 0 aliphatic carbocycles. The molecule has 0 bridgehead atoms. The quantitative estimate of drug-likeness (QED) is 0.710. The zero-order valence-corrected chi connectivity index (χ0v) is 7.34. The Balaban J connectivity index is 2.57. The summed E-state index contributed by atoms with van der Waals surface area (Å²) in [6.45, 7) is 0. The van der Waals surface area contributed by atoms with Crippen LogP contribution in [0, 0.1) is 0 Å². The molecule has 0 saturated heterocycles. The van der Waals surface area contributed by atoms with E-state index in [4.69, 9.17) is 0 Å². The van der Waals surface area contributed by atoms with E-state index in [9.17, 15) is 4.79 Å². The van der Waals surface area contributed by atoms with Gasteiger partial charge >= 0.3 is 0 Å². The van der Waals surface area contributed by atoms with Gasteiger partial charge in [0.05, 0.1) is 0 Å². The van der Waals surface area contributed by atoms with E-state index < -0.39 is 0 Å². The Morgan fingerprint density at radius 3 is 2.43 bits per heavy atom. The summed E-state index contributed by atoms with van der Waals surface area (Å²) in [5, 5.41) is 0. The largest absolute Gasteiger partial charge is 0.285 e. The molecule has 14 heavy (non-hydrogen) atoms. The van der Waals surface area contributed by atoms with Crippen molar-refractivity contribution in [1.82, 2.24) is 9.97 Å². The Hall–Kier alpha value is -2.03. The summed E-state index contributed by atoms with van der Waals surface area (Å²) in [7, 11) is 0. The normalized spacial score (nSPS) is 9.71. The molecule has 0 aliphatic rings. The Kier molecular flexibility index (Phi) is 2.32. The molecule has 0 saturated carbocycles. The second-order valence-corrected chi connectivity index (χ2v) is 2.76. The molecule has 2 rings (SSSR count). The minimum absolute atomic E-state index is 0.520. The first kappa shape index (κ1) is 8.56. The predicted molar refractivity (Wildman–Crippen MR) is 52.3 cm³/mol. The number of carbonyl (C=O) groups excluding carboxylic acids is 1. The molecule has 2 heterocycles. The minimum atomic E-state index is 0.520. The monoisotopic (exact) mass is 183 g/mol. The maximum atomic E-state index is 10.6. The standard InChI is InChI=1S/C11H7N2O/c14-8-10-3-6-13-7-11(10)9-1-4-12-5-2-9/h1-7H. The van der Waals surface area contributed by atoms with Crippen molar-refractivity contribution in [2.45, 2.75) is 0 Å². The first-order valence-electron chi connectivity index (χ1n) is 4.14. The van der Waals surface area contributed by atoms with Crippen molar-refractivity contribution in [3.63, 3.8) is 0 Å². The molecular weight excluding hydrogens is 176 g/mol. The molecule has 0 unspecified atom stereocenters. The lowest BCUT2D eigenvalue weighted by Crippen LogP contribution is -1.88. The third kappa shape index (κ3) is 1.52. The van der Waals surface area contributed by atoms with Crippen molar-refractivity contribution in [3.05, 3.63) is 48.5 Å². The van der Waals surface area contributed by atoms with Crippen LogP contribution in [0.5, 0.6) is 0 Å². The van der Waals surface area contributed by atoms with Crippen LogP contribution in [0.2, 0.25) is 0 Å². The van der Waals surface area contributed by atoms with Crippen LogP contribution in [0.25, 0.3) is 11.1 Å². The zero-order valence-electron chi connectivity index (χ0n) is 7.34. The molecule has 0 spiro atoms. The van der Waals surface area contributed by atoms with Gasteiger partial charge in [-0.3, -0.25) is 14.8 Å².